The van der Waals surface area contributed by atoms with Gasteiger partial charge in [0.25, 0.3) is 0 Å². The summed E-state index contributed by atoms with van der Waals surface area (Å²) >= 11 is 0. The number of benzene rings is 1. The van der Waals surface area contributed by atoms with Gasteiger partial charge < -0.3 is 0 Å². The summed E-state index contributed by atoms with van der Waals surface area (Å²) in [4.78, 5) is 12.2. The van der Waals surface area contributed by atoms with Crippen molar-refractivity contribution in [2.75, 3.05) is 26.3 Å². The summed E-state index contributed by atoms with van der Waals surface area (Å²) in [5.74, 6) is 0.784. The summed E-state index contributed by atoms with van der Waals surface area (Å²) in [6.07, 6.45) is 9.38. The van der Waals surface area contributed by atoms with Gasteiger partial charge in [0.1, 0.15) is 26.3 Å². The zero-order chi connectivity index (χ0) is 14.9. The van der Waals surface area contributed by atoms with Crippen molar-refractivity contribution in [3.8, 4) is 0 Å². The lowest BCUT2D eigenvalue weighted by Gasteiger charge is -2.47. The SMILES string of the molecule is c1ccc(C2(C3CC[N+]4(CC3)OCCO4)CCCCC2)cc1. The topological polar surface area (TPSA) is 18.5 Å². The first-order valence-corrected chi connectivity index (χ1v) is 9.05. The van der Waals surface area contributed by atoms with E-state index in [1.165, 1.54) is 44.9 Å². The van der Waals surface area contributed by atoms with Gasteiger partial charge in [0.05, 0.1) is 0 Å². The fourth-order valence-electron chi connectivity index (χ4n) is 5.10. The maximum atomic E-state index is 5.87. The lowest BCUT2D eigenvalue weighted by molar-refractivity contribution is -1.23. The van der Waals surface area contributed by atoms with Crippen LogP contribution in [0.15, 0.2) is 30.3 Å². The summed E-state index contributed by atoms with van der Waals surface area (Å²) in [7, 11) is 0. The monoisotopic (exact) mass is 302 g/mol. The van der Waals surface area contributed by atoms with Crippen LogP contribution in [0.4, 0.5) is 0 Å². The molecule has 0 amide bonds. The van der Waals surface area contributed by atoms with Gasteiger partial charge in [-0.05, 0) is 34.5 Å². The molecule has 0 unspecified atom stereocenters. The molecule has 1 aromatic rings. The molecule has 22 heavy (non-hydrogen) atoms. The van der Waals surface area contributed by atoms with E-state index in [1.54, 1.807) is 5.56 Å². The molecule has 3 aliphatic rings. The lowest BCUT2D eigenvalue weighted by Crippen LogP contribution is -2.52. The van der Waals surface area contributed by atoms with E-state index in [2.05, 4.69) is 30.3 Å². The Morgan fingerprint density at radius 1 is 0.864 bits per heavy atom. The molecule has 3 fully saturated rings. The average molecular weight is 302 g/mol. The summed E-state index contributed by atoms with van der Waals surface area (Å²) in [5.41, 5.74) is 1.99. The van der Waals surface area contributed by atoms with Gasteiger partial charge in [0.2, 0.25) is 0 Å². The molecule has 0 atom stereocenters. The van der Waals surface area contributed by atoms with Crippen molar-refractivity contribution in [2.45, 2.75) is 50.4 Å². The first-order chi connectivity index (χ1) is 10.8. The first-order valence-electron chi connectivity index (χ1n) is 9.05. The van der Waals surface area contributed by atoms with E-state index in [0.29, 0.717) is 10.2 Å². The van der Waals surface area contributed by atoms with Crippen molar-refractivity contribution in [3.63, 3.8) is 0 Å². The van der Waals surface area contributed by atoms with E-state index >= 15 is 0 Å². The molecule has 0 N–H and O–H groups in total. The third-order valence-corrected chi connectivity index (χ3v) is 6.25. The van der Waals surface area contributed by atoms with Crippen LogP contribution in [0.3, 0.4) is 0 Å². The molecule has 0 radical (unpaired) electrons. The second kappa shape index (κ2) is 5.95. The molecule has 0 bridgehead atoms. The van der Waals surface area contributed by atoms with E-state index in [1.807, 2.05) is 0 Å². The molecular formula is C19H28NO2+. The van der Waals surface area contributed by atoms with E-state index in [4.69, 9.17) is 9.68 Å². The predicted octanol–water partition coefficient (Wildman–Crippen LogP) is 3.99. The van der Waals surface area contributed by atoms with Gasteiger partial charge >= 0.3 is 0 Å². The van der Waals surface area contributed by atoms with Crippen molar-refractivity contribution in [1.82, 2.24) is 0 Å². The number of rotatable bonds is 2. The van der Waals surface area contributed by atoms with E-state index < -0.39 is 0 Å². The number of piperidine rings is 1. The Hall–Kier alpha value is -0.900. The molecule has 120 valence electrons. The van der Waals surface area contributed by atoms with Gasteiger partial charge in [-0.1, -0.05) is 49.6 Å². The van der Waals surface area contributed by atoms with Crippen molar-refractivity contribution in [3.05, 3.63) is 35.9 Å². The molecule has 1 spiro atoms. The van der Waals surface area contributed by atoms with E-state index in [9.17, 15) is 0 Å². The highest BCUT2D eigenvalue weighted by Gasteiger charge is 2.49. The summed E-state index contributed by atoms with van der Waals surface area (Å²) in [6.45, 7) is 3.57. The third kappa shape index (κ3) is 2.49. The lowest BCUT2D eigenvalue weighted by atomic mass is 9.60. The van der Waals surface area contributed by atoms with Crippen molar-refractivity contribution < 1.29 is 14.5 Å². The predicted molar refractivity (Wildman–Crippen MR) is 85.8 cm³/mol. The molecular weight excluding hydrogens is 274 g/mol. The highest BCUT2D eigenvalue weighted by molar-refractivity contribution is 5.27. The van der Waals surface area contributed by atoms with Gasteiger partial charge in [0, 0.05) is 12.8 Å². The zero-order valence-corrected chi connectivity index (χ0v) is 13.5. The van der Waals surface area contributed by atoms with Gasteiger partial charge in [-0.3, -0.25) is 0 Å². The standard InChI is InChI=1S/C19H28NO2/c1-3-7-17(8-4-1)19(11-5-2-6-12-19)18-9-13-20(14-10-18)21-15-16-22-20/h1,3-4,7-8,18H,2,5-6,9-16H2/q+1. The van der Waals surface area contributed by atoms with Crippen LogP contribution in [0, 0.1) is 5.92 Å². The third-order valence-electron chi connectivity index (χ3n) is 6.25. The quantitative estimate of drug-likeness (QED) is 0.769. The van der Waals surface area contributed by atoms with Crippen LogP contribution in [0.5, 0.6) is 0 Å². The Balaban J connectivity index is 1.57. The van der Waals surface area contributed by atoms with Crippen molar-refractivity contribution >= 4 is 0 Å². The zero-order valence-electron chi connectivity index (χ0n) is 13.5. The number of hydrogen-bond acceptors (Lipinski definition) is 2. The fraction of sp³-hybridized carbons (Fsp3) is 0.684. The Bertz CT molecular complexity index is 479. The second-order valence-electron chi connectivity index (χ2n) is 7.29. The maximum Gasteiger partial charge on any atom is 0.143 e. The largest absolute Gasteiger partial charge is 0.165 e. The van der Waals surface area contributed by atoms with Crippen molar-refractivity contribution in [2.24, 2.45) is 5.92 Å². The molecule has 1 saturated carbocycles. The molecule has 2 heterocycles. The number of hydroxylamine groups is 4. The van der Waals surface area contributed by atoms with Crippen molar-refractivity contribution in [1.29, 1.82) is 0 Å². The molecule has 3 nitrogen and oxygen atoms in total. The van der Waals surface area contributed by atoms with Gasteiger partial charge in [0.15, 0.2) is 0 Å². The van der Waals surface area contributed by atoms with E-state index in [0.717, 1.165) is 32.2 Å². The fourth-order valence-corrected chi connectivity index (χ4v) is 5.10. The van der Waals surface area contributed by atoms with Crippen LogP contribution in [-0.4, -0.2) is 31.1 Å². The minimum absolute atomic E-state index is 0.406. The van der Waals surface area contributed by atoms with Gasteiger partial charge in [-0.25, -0.2) is 0 Å². The highest BCUT2D eigenvalue weighted by atomic mass is 17.0. The first kappa shape index (κ1) is 14.7. The average Bonchev–Trinajstić information content (AvgIpc) is 3.05. The molecule has 2 saturated heterocycles. The Morgan fingerprint density at radius 2 is 1.50 bits per heavy atom. The highest BCUT2D eigenvalue weighted by Crippen LogP contribution is 2.49. The number of hydrogen-bond donors (Lipinski definition) is 0. The number of nitrogens with zero attached hydrogens (tertiary/aromatic N) is 1. The molecule has 4 rings (SSSR count). The Labute approximate surface area is 133 Å². The smallest absolute Gasteiger partial charge is 0.143 e. The second-order valence-corrected chi connectivity index (χ2v) is 7.29. The van der Waals surface area contributed by atoms with Gasteiger partial charge in [-0.15, -0.1) is 0 Å². The van der Waals surface area contributed by atoms with Crippen LogP contribution in [0.2, 0.25) is 0 Å². The molecule has 0 aromatic heterocycles. The van der Waals surface area contributed by atoms with E-state index in [-0.39, 0.29) is 0 Å². The molecule has 1 aliphatic carbocycles. The molecule has 3 heteroatoms. The Morgan fingerprint density at radius 3 is 2.14 bits per heavy atom. The van der Waals surface area contributed by atoms with Crippen LogP contribution in [-0.2, 0) is 15.1 Å². The summed E-state index contributed by atoms with van der Waals surface area (Å²) < 4.78 is 0. The summed E-state index contributed by atoms with van der Waals surface area (Å²) in [5, 5.41) is 0. The van der Waals surface area contributed by atoms with Crippen LogP contribution < -0.4 is 0 Å². The molecule has 2 aliphatic heterocycles. The maximum absolute atomic E-state index is 5.87. The van der Waals surface area contributed by atoms with Gasteiger partial charge in [-0.2, -0.15) is 9.68 Å². The number of quaternary nitrogens is 1. The van der Waals surface area contributed by atoms with Crippen LogP contribution in [0.1, 0.15) is 50.5 Å². The summed E-state index contributed by atoms with van der Waals surface area (Å²) in [6, 6.07) is 11.3. The minimum atomic E-state index is 0.406. The normalized spacial score (nSPS) is 28.0. The van der Waals surface area contributed by atoms with Crippen LogP contribution >= 0.6 is 0 Å². The minimum Gasteiger partial charge on any atom is -0.165 e. The van der Waals surface area contributed by atoms with Crippen LogP contribution in [0.25, 0.3) is 0 Å². The molecule has 1 aromatic carbocycles. The Kier molecular flexibility index (Phi) is 3.97.